The number of anilines is 2. The minimum absolute atomic E-state index is 0.340. The van der Waals surface area contributed by atoms with Crippen molar-refractivity contribution in [1.29, 1.82) is 0 Å². The topological polar surface area (TPSA) is 58.2 Å². The molecule has 1 heterocycles. The van der Waals surface area contributed by atoms with E-state index in [9.17, 15) is 8.42 Å². The summed E-state index contributed by atoms with van der Waals surface area (Å²) >= 11 is 0. The first-order valence-electron chi connectivity index (χ1n) is 10.4. The lowest BCUT2D eigenvalue weighted by atomic mass is 9.68. The molecule has 2 bridgehead atoms. The summed E-state index contributed by atoms with van der Waals surface area (Å²) in [6.07, 6.45) is 3.93. The largest absolute Gasteiger partial charge is 0.378 e. The second-order valence-electron chi connectivity index (χ2n) is 8.97. The Morgan fingerprint density at radius 2 is 1.79 bits per heavy atom. The molecule has 4 nitrogen and oxygen atoms in total. The van der Waals surface area contributed by atoms with E-state index >= 15 is 0 Å². The highest BCUT2D eigenvalue weighted by molar-refractivity contribution is 7.93. The Bertz CT molecular complexity index is 987. The molecule has 2 aromatic carbocycles. The average molecular weight is 397 g/mol. The van der Waals surface area contributed by atoms with Gasteiger partial charge < -0.3 is 5.32 Å². The van der Waals surface area contributed by atoms with Crippen LogP contribution < -0.4 is 10.0 Å². The van der Waals surface area contributed by atoms with Gasteiger partial charge in [-0.2, -0.15) is 0 Å². The number of hydrogen-bond donors (Lipinski definition) is 2. The van der Waals surface area contributed by atoms with Crippen molar-refractivity contribution in [2.24, 2.45) is 17.8 Å². The summed E-state index contributed by atoms with van der Waals surface area (Å²) in [5, 5.41) is 3.36. The first kappa shape index (κ1) is 18.0. The molecular weight excluding hydrogens is 368 g/mol. The van der Waals surface area contributed by atoms with Crippen LogP contribution in [0, 0.1) is 17.8 Å². The molecule has 5 heteroatoms. The van der Waals surface area contributed by atoms with Crippen LogP contribution in [0.15, 0.2) is 48.5 Å². The molecule has 5 unspecified atom stereocenters. The Morgan fingerprint density at radius 1 is 1.04 bits per heavy atom. The molecule has 5 rings (SSSR count). The zero-order chi connectivity index (χ0) is 19.5. The maximum absolute atomic E-state index is 12.3. The Kier molecular flexibility index (Phi) is 4.20. The fraction of sp³-hybridized carbons (Fsp3) is 0.478. The van der Waals surface area contributed by atoms with Gasteiger partial charge in [0.25, 0.3) is 0 Å². The number of hydrogen-bond acceptors (Lipinski definition) is 3. The fourth-order valence-corrected chi connectivity index (χ4v) is 6.51. The molecule has 1 aliphatic heterocycles. The molecule has 0 amide bonds. The van der Waals surface area contributed by atoms with E-state index in [1.807, 2.05) is 6.07 Å². The third-order valence-electron chi connectivity index (χ3n) is 7.13. The van der Waals surface area contributed by atoms with Crippen molar-refractivity contribution in [3.63, 3.8) is 0 Å². The van der Waals surface area contributed by atoms with Crippen LogP contribution >= 0.6 is 0 Å². The summed E-state index contributed by atoms with van der Waals surface area (Å²) in [5.74, 6) is 2.59. The Morgan fingerprint density at radius 3 is 2.54 bits per heavy atom. The minimum atomic E-state index is -3.33. The van der Waals surface area contributed by atoms with Gasteiger partial charge in [-0.3, -0.25) is 4.72 Å². The molecule has 3 aliphatic rings. The third kappa shape index (κ3) is 2.83. The zero-order valence-corrected chi connectivity index (χ0v) is 17.2. The van der Waals surface area contributed by atoms with Crippen LogP contribution in [0.5, 0.6) is 0 Å². The Hall–Kier alpha value is -2.01. The van der Waals surface area contributed by atoms with E-state index in [1.54, 1.807) is 13.8 Å². The second kappa shape index (κ2) is 6.51. The molecule has 2 N–H and O–H groups in total. The summed E-state index contributed by atoms with van der Waals surface area (Å²) in [4.78, 5) is 0. The lowest BCUT2D eigenvalue weighted by Crippen LogP contribution is -2.35. The molecule has 2 saturated carbocycles. The van der Waals surface area contributed by atoms with Gasteiger partial charge in [0.05, 0.1) is 11.3 Å². The van der Waals surface area contributed by atoms with E-state index in [4.69, 9.17) is 0 Å². The van der Waals surface area contributed by atoms with Crippen molar-refractivity contribution >= 4 is 21.4 Å². The van der Waals surface area contributed by atoms with Crippen molar-refractivity contribution in [2.75, 3.05) is 10.0 Å². The normalized spacial score (nSPS) is 30.6. The van der Waals surface area contributed by atoms with E-state index in [2.05, 4.69) is 52.5 Å². The first-order valence-corrected chi connectivity index (χ1v) is 12.0. The van der Waals surface area contributed by atoms with Crippen LogP contribution in [-0.2, 0) is 10.0 Å². The van der Waals surface area contributed by atoms with Crippen LogP contribution in [0.1, 0.15) is 56.2 Å². The SMILES string of the molecule is CC(C)S(=O)(=O)Nc1ccc2c(c1)C1C3CCC(C3)C1C(c1ccccc1)N2. The van der Waals surface area contributed by atoms with Gasteiger partial charge in [0.2, 0.25) is 10.0 Å². The van der Waals surface area contributed by atoms with Gasteiger partial charge >= 0.3 is 0 Å². The van der Waals surface area contributed by atoms with Gasteiger partial charge in [0, 0.05) is 11.4 Å². The molecule has 5 atom stereocenters. The summed E-state index contributed by atoms with van der Waals surface area (Å²) in [5.41, 5.74) is 4.51. The molecule has 0 saturated heterocycles. The van der Waals surface area contributed by atoms with Gasteiger partial charge in [-0.25, -0.2) is 8.42 Å². The number of benzene rings is 2. The molecule has 0 spiro atoms. The quantitative estimate of drug-likeness (QED) is 0.753. The highest BCUT2D eigenvalue weighted by Crippen LogP contribution is 2.63. The molecule has 0 radical (unpaired) electrons. The molecule has 2 aromatic rings. The molecule has 148 valence electrons. The lowest BCUT2D eigenvalue weighted by Gasteiger charge is -2.43. The van der Waals surface area contributed by atoms with E-state index in [0.29, 0.717) is 23.6 Å². The second-order valence-corrected chi connectivity index (χ2v) is 11.2. The highest BCUT2D eigenvalue weighted by atomic mass is 32.2. The highest BCUT2D eigenvalue weighted by Gasteiger charge is 2.53. The van der Waals surface area contributed by atoms with Crippen molar-refractivity contribution in [3.05, 3.63) is 59.7 Å². The Balaban J connectivity index is 1.55. The Labute approximate surface area is 167 Å². The van der Waals surface area contributed by atoms with Gasteiger partial charge in [-0.15, -0.1) is 0 Å². The summed E-state index contributed by atoms with van der Waals surface area (Å²) in [6.45, 7) is 3.41. The van der Waals surface area contributed by atoms with E-state index in [1.165, 1.54) is 30.4 Å². The summed E-state index contributed by atoms with van der Waals surface area (Å²) in [7, 11) is -3.33. The van der Waals surface area contributed by atoms with Gasteiger partial charge in [-0.05, 0) is 86.1 Å². The van der Waals surface area contributed by atoms with Crippen LogP contribution in [-0.4, -0.2) is 13.7 Å². The van der Waals surface area contributed by atoms with Crippen LogP contribution in [0.4, 0.5) is 11.4 Å². The van der Waals surface area contributed by atoms with Crippen LogP contribution in [0.2, 0.25) is 0 Å². The maximum atomic E-state index is 12.3. The van der Waals surface area contributed by atoms with Gasteiger partial charge in [0.15, 0.2) is 0 Å². The fourth-order valence-electron chi connectivity index (χ4n) is 5.82. The molecule has 28 heavy (non-hydrogen) atoms. The smallest absolute Gasteiger partial charge is 0.235 e. The lowest BCUT2D eigenvalue weighted by molar-refractivity contribution is 0.247. The van der Waals surface area contributed by atoms with Crippen molar-refractivity contribution in [2.45, 2.75) is 50.3 Å². The predicted octanol–water partition coefficient (Wildman–Crippen LogP) is 5.13. The van der Waals surface area contributed by atoms with Crippen LogP contribution in [0.3, 0.4) is 0 Å². The molecule has 0 aromatic heterocycles. The van der Waals surface area contributed by atoms with E-state index in [-0.39, 0.29) is 0 Å². The minimum Gasteiger partial charge on any atom is -0.378 e. The number of sulfonamides is 1. The predicted molar refractivity (Wildman–Crippen MR) is 114 cm³/mol. The van der Waals surface area contributed by atoms with Gasteiger partial charge in [-0.1, -0.05) is 30.3 Å². The zero-order valence-electron chi connectivity index (χ0n) is 16.4. The molecule has 2 fully saturated rings. The molecular formula is C23H28N2O2S. The van der Waals surface area contributed by atoms with Crippen molar-refractivity contribution in [3.8, 4) is 0 Å². The monoisotopic (exact) mass is 396 g/mol. The number of rotatable bonds is 4. The number of fused-ring (bicyclic) bond motifs is 7. The third-order valence-corrected chi connectivity index (χ3v) is 8.89. The summed E-state index contributed by atoms with van der Waals surface area (Å²) in [6, 6.07) is 17.2. The standard InChI is InChI=1S/C23H28N2O2S/c1-14(2)28(26,27)25-18-10-11-20-19(13-18)21-16-8-9-17(12-16)22(21)23(24-20)15-6-4-3-5-7-15/h3-7,10-11,13-14,16-17,21-25H,8-9,12H2,1-2H3. The maximum Gasteiger partial charge on any atom is 0.235 e. The van der Waals surface area contributed by atoms with E-state index in [0.717, 1.165) is 17.5 Å². The summed E-state index contributed by atoms with van der Waals surface area (Å²) < 4.78 is 27.4. The number of nitrogens with one attached hydrogen (secondary N) is 2. The van der Waals surface area contributed by atoms with Crippen molar-refractivity contribution in [1.82, 2.24) is 0 Å². The molecule has 2 aliphatic carbocycles. The van der Waals surface area contributed by atoms with Gasteiger partial charge in [0.1, 0.15) is 0 Å². The van der Waals surface area contributed by atoms with Crippen LogP contribution in [0.25, 0.3) is 0 Å². The average Bonchev–Trinajstić information content (AvgIpc) is 3.30. The van der Waals surface area contributed by atoms with Crippen molar-refractivity contribution < 1.29 is 8.42 Å². The van der Waals surface area contributed by atoms with E-state index < -0.39 is 15.3 Å². The first-order chi connectivity index (χ1) is 13.4.